The molecule has 24 heavy (non-hydrogen) atoms. The molecule has 1 unspecified atom stereocenters. The van der Waals surface area contributed by atoms with Crippen LogP contribution in [0.1, 0.15) is 33.3 Å². The Bertz CT molecular complexity index is 641. The van der Waals surface area contributed by atoms with Gasteiger partial charge < -0.3 is 10.4 Å². The van der Waals surface area contributed by atoms with E-state index < -0.39 is 33.9 Å². The number of nitro groups is 1. The first kappa shape index (κ1) is 19.8. The van der Waals surface area contributed by atoms with Gasteiger partial charge in [-0.2, -0.15) is 0 Å². The van der Waals surface area contributed by atoms with Crippen LogP contribution in [0.2, 0.25) is 0 Å². The van der Waals surface area contributed by atoms with E-state index in [0.717, 1.165) is 18.2 Å². The number of nitrogens with one attached hydrogen (secondary N) is 1. The first-order valence-corrected chi connectivity index (χ1v) is 7.62. The zero-order chi connectivity index (χ0) is 18.5. The summed E-state index contributed by atoms with van der Waals surface area (Å²) in [5.74, 6) is -1.11. The second-order valence-electron chi connectivity index (χ2n) is 6.69. The van der Waals surface area contributed by atoms with Gasteiger partial charge in [-0.25, -0.2) is 4.39 Å². The normalized spacial score (nSPS) is 13.3. The average molecular weight is 338 g/mol. The van der Waals surface area contributed by atoms with Gasteiger partial charge in [-0.1, -0.05) is 27.7 Å². The Labute approximate surface area is 140 Å². The van der Waals surface area contributed by atoms with Gasteiger partial charge >= 0.3 is 0 Å². The van der Waals surface area contributed by atoms with Crippen molar-refractivity contribution in [2.24, 2.45) is 11.3 Å². The monoisotopic (exact) mass is 338 g/mol. The van der Waals surface area contributed by atoms with Gasteiger partial charge in [0.05, 0.1) is 22.7 Å². The number of amides is 1. The molecule has 0 saturated carbocycles. The van der Waals surface area contributed by atoms with Crippen LogP contribution in [0.5, 0.6) is 0 Å². The summed E-state index contributed by atoms with van der Waals surface area (Å²) in [5, 5.41) is 23.7. The summed E-state index contributed by atoms with van der Waals surface area (Å²) in [7, 11) is 0. The van der Waals surface area contributed by atoms with Crippen molar-refractivity contribution in [1.29, 1.82) is 0 Å². The maximum absolute atomic E-state index is 13.1. The highest BCUT2D eigenvalue weighted by Crippen LogP contribution is 2.25. The first-order chi connectivity index (χ1) is 11.0. The minimum atomic E-state index is -0.715. The van der Waals surface area contributed by atoms with Crippen LogP contribution in [0.4, 0.5) is 10.1 Å². The fraction of sp³-hybridized carbons (Fsp3) is 0.471. The van der Waals surface area contributed by atoms with Gasteiger partial charge in [0.25, 0.3) is 5.69 Å². The van der Waals surface area contributed by atoms with Crippen LogP contribution >= 0.6 is 0 Å². The molecule has 1 rings (SSSR count). The van der Waals surface area contributed by atoms with Gasteiger partial charge in [0.2, 0.25) is 5.91 Å². The lowest BCUT2D eigenvalue weighted by Crippen LogP contribution is -2.43. The number of aliphatic hydroxyl groups is 1. The summed E-state index contributed by atoms with van der Waals surface area (Å²) < 4.78 is 13.1. The largest absolute Gasteiger partial charge is 0.392 e. The fourth-order valence-corrected chi connectivity index (χ4v) is 2.36. The minimum Gasteiger partial charge on any atom is -0.392 e. The first-order valence-electron chi connectivity index (χ1n) is 7.62. The van der Waals surface area contributed by atoms with Crippen LogP contribution < -0.4 is 5.32 Å². The topological polar surface area (TPSA) is 92.5 Å². The second-order valence-corrected chi connectivity index (χ2v) is 6.69. The smallest absolute Gasteiger partial charge is 0.279 e. The third-order valence-electron chi connectivity index (χ3n) is 3.75. The van der Waals surface area contributed by atoms with Crippen molar-refractivity contribution in [2.75, 3.05) is 6.54 Å². The lowest BCUT2D eigenvalue weighted by Gasteiger charge is -2.33. The van der Waals surface area contributed by atoms with Crippen LogP contribution in [0.15, 0.2) is 24.3 Å². The Kier molecular flexibility index (Phi) is 6.60. The van der Waals surface area contributed by atoms with E-state index in [-0.39, 0.29) is 18.0 Å². The molecule has 0 saturated heterocycles. The molecule has 6 nitrogen and oxygen atoms in total. The SMILES string of the molecule is CC(C)C(O)C(C)(C)CNC(=O)/C=C/c1ccc(F)cc1[N+](=O)[O-]. The zero-order valence-electron chi connectivity index (χ0n) is 14.2. The van der Waals surface area contributed by atoms with E-state index in [2.05, 4.69) is 5.32 Å². The molecular weight excluding hydrogens is 315 g/mol. The molecule has 132 valence electrons. The van der Waals surface area contributed by atoms with Crippen molar-refractivity contribution in [1.82, 2.24) is 5.32 Å². The van der Waals surface area contributed by atoms with Crippen molar-refractivity contribution in [2.45, 2.75) is 33.8 Å². The van der Waals surface area contributed by atoms with Crippen molar-refractivity contribution in [3.63, 3.8) is 0 Å². The molecule has 0 aliphatic heterocycles. The van der Waals surface area contributed by atoms with E-state index >= 15 is 0 Å². The van der Waals surface area contributed by atoms with E-state index in [0.29, 0.717) is 0 Å². The number of hydrogen-bond acceptors (Lipinski definition) is 4. The van der Waals surface area contributed by atoms with E-state index in [1.165, 1.54) is 12.1 Å². The Morgan fingerprint density at radius 1 is 1.46 bits per heavy atom. The van der Waals surface area contributed by atoms with Crippen LogP contribution in [0.3, 0.4) is 0 Å². The molecule has 0 aliphatic rings. The predicted molar refractivity (Wildman–Crippen MR) is 89.7 cm³/mol. The van der Waals surface area contributed by atoms with Crippen LogP contribution in [0, 0.1) is 27.3 Å². The van der Waals surface area contributed by atoms with E-state index in [1.807, 2.05) is 27.7 Å². The quantitative estimate of drug-likeness (QED) is 0.454. The number of halogens is 1. The molecule has 0 aromatic heterocycles. The number of benzene rings is 1. The Balaban J connectivity index is 2.76. The van der Waals surface area contributed by atoms with Crippen molar-refractivity contribution in [3.8, 4) is 0 Å². The molecule has 1 aromatic carbocycles. The summed E-state index contributed by atoms with van der Waals surface area (Å²) in [6, 6.07) is 3.13. The molecule has 2 N–H and O–H groups in total. The van der Waals surface area contributed by atoms with Crippen LogP contribution in [-0.4, -0.2) is 28.6 Å². The van der Waals surface area contributed by atoms with Gasteiger partial charge in [-0.3, -0.25) is 14.9 Å². The highest BCUT2D eigenvalue weighted by atomic mass is 19.1. The standard InChI is InChI=1S/C17H23FN2O4/c1-11(2)16(22)17(3,4)10-19-15(21)8-6-12-5-7-13(18)9-14(12)20(23)24/h5-9,11,16,22H,10H2,1-4H3,(H,19,21)/b8-6+. The highest BCUT2D eigenvalue weighted by molar-refractivity contribution is 5.92. The number of rotatable bonds is 7. The van der Waals surface area contributed by atoms with Gasteiger partial charge in [-0.05, 0) is 24.1 Å². The van der Waals surface area contributed by atoms with E-state index in [9.17, 15) is 24.4 Å². The predicted octanol–water partition coefficient (Wildman–Crippen LogP) is 2.91. The van der Waals surface area contributed by atoms with Crippen molar-refractivity contribution in [3.05, 3.63) is 45.8 Å². The molecule has 7 heteroatoms. The Hall–Kier alpha value is -2.28. The fourth-order valence-electron chi connectivity index (χ4n) is 2.36. The third-order valence-corrected chi connectivity index (χ3v) is 3.75. The molecule has 0 fully saturated rings. The Morgan fingerprint density at radius 2 is 2.08 bits per heavy atom. The lowest BCUT2D eigenvalue weighted by atomic mass is 9.81. The number of carbonyl (C=O) groups is 1. The van der Waals surface area contributed by atoms with Gasteiger partial charge in [0, 0.05) is 18.0 Å². The summed E-state index contributed by atoms with van der Waals surface area (Å²) in [6.07, 6.45) is 1.83. The van der Waals surface area contributed by atoms with E-state index in [1.54, 1.807) is 0 Å². The molecule has 0 heterocycles. The zero-order valence-corrected chi connectivity index (χ0v) is 14.2. The summed E-state index contributed by atoms with van der Waals surface area (Å²) >= 11 is 0. The molecule has 0 spiro atoms. The number of carbonyl (C=O) groups excluding carboxylic acids is 1. The summed E-state index contributed by atoms with van der Waals surface area (Å²) in [5.41, 5.74) is -0.785. The highest BCUT2D eigenvalue weighted by Gasteiger charge is 2.30. The maximum Gasteiger partial charge on any atom is 0.279 e. The maximum atomic E-state index is 13.1. The lowest BCUT2D eigenvalue weighted by molar-refractivity contribution is -0.385. The van der Waals surface area contributed by atoms with Gasteiger partial charge in [-0.15, -0.1) is 0 Å². The summed E-state index contributed by atoms with van der Waals surface area (Å²) in [4.78, 5) is 22.1. The molecule has 1 amide bonds. The molecule has 1 atom stereocenters. The Morgan fingerprint density at radius 3 is 2.62 bits per heavy atom. The number of nitro benzene ring substituents is 1. The molecule has 0 bridgehead atoms. The molecule has 0 radical (unpaired) electrons. The molecule has 0 aliphatic carbocycles. The van der Waals surface area contributed by atoms with Gasteiger partial charge in [0.15, 0.2) is 0 Å². The van der Waals surface area contributed by atoms with Gasteiger partial charge in [0.1, 0.15) is 5.82 Å². The molecular formula is C17H23FN2O4. The molecule has 1 aromatic rings. The number of hydrogen-bond donors (Lipinski definition) is 2. The van der Waals surface area contributed by atoms with Crippen LogP contribution in [-0.2, 0) is 4.79 Å². The van der Waals surface area contributed by atoms with E-state index in [4.69, 9.17) is 0 Å². The third kappa shape index (κ3) is 5.42. The number of nitrogens with zero attached hydrogens (tertiary/aromatic N) is 1. The van der Waals surface area contributed by atoms with Crippen molar-refractivity contribution >= 4 is 17.7 Å². The summed E-state index contributed by atoms with van der Waals surface area (Å²) in [6.45, 7) is 7.71. The van der Waals surface area contributed by atoms with Crippen LogP contribution in [0.25, 0.3) is 6.08 Å². The second kappa shape index (κ2) is 8.01. The minimum absolute atomic E-state index is 0.0503. The number of aliphatic hydroxyl groups excluding tert-OH is 1. The average Bonchev–Trinajstić information content (AvgIpc) is 2.50. The van der Waals surface area contributed by atoms with Crippen molar-refractivity contribution < 1.29 is 19.2 Å².